The van der Waals surface area contributed by atoms with Crippen LogP contribution < -0.4 is 0 Å². The number of rotatable bonds is 4. The Morgan fingerprint density at radius 3 is 2.73 bits per heavy atom. The Kier molecular flexibility index (Phi) is 3.39. The molecule has 2 nitrogen and oxygen atoms in total. The number of hydrogen-bond donors (Lipinski definition) is 1. The van der Waals surface area contributed by atoms with Crippen molar-refractivity contribution in [3.63, 3.8) is 0 Å². The number of hydrogen-bond acceptors (Lipinski definition) is 2. The van der Waals surface area contributed by atoms with Crippen molar-refractivity contribution in [2.45, 2.75) is 32.0 Å². The molecule has 1 aliphatic carbocycles. The van der Waals surface area contributed by atoms with Crippen LogP contribution in [0.1, 0.15) is 36.5 Å². The van der Waals surface area contributed by atoms with E-state index in [4.69, 9.17) is 4.74 Å². The minimum absolute atomic E-state index is 0.301. The van der Waals surface area contributed by atoms with Crippen LogP contribution in [-0.4, -0.2) is 12.2 Å². The zero-order chi connectivity index (χ0) is 10.7. The van der Waals surface area contributed by atoms with Gasteiger partial charge in [-0.15, -0.1) is 0 Å². The van der Waals surface area contributed by atoms with Crippen LogP contribution in [0.25, 0.3) is 0 Å². The second-order valence-electron chi connectivity index (χ2n) is 4.27. The first-order valence-electron chi connectivity index (χ1n) is 5.57. The molecule has 1 aromatic carbocycles. The molecule has 2 rings (SSSR count). The predicted octanol–water partition coefficient (Wildman–Crippen LogP) is 2.67. The Morgan fingerprint density at radius 2 is 2.13 bits per heavy atom. The second kappa shape index (κ2) is 4.77. The number of aliphatic hydroxyl groups excluding tert-OH is 1. The van der Waals surface area contributed by atoms with Gasteiger partial charge in [-0.1, -0.05) is 30.7 Å². The molecule has 1 fully saturated rings. The Morgan fingerprint density at radius 1 is 1.40 bits per heavy atom. The molecular formula is C13H18O2. The van der Waals surface area contributed by atoms with Gasteiger partial charge in [0.25, 0.3) is 0 Å². The van der Waals surface area contributed by atoms with E-state index in [-0.39, 0.29) is 6.10 Å². The molecule has 0 aromatic heterocycles. The molecule has 1 unspecified atom stereocenters. The fourth-order valence-corrected chi connectivity index (χ4v) is 2.12. The summed E-state index contributed by atoms with van der Waals surface area (Å²) in [5.74, 6) is 0.461. The minimum Gasteiger partial charge on any atom is -0.388 e. The highest BCUT2D eigenvalue weighted by molar-refractivity contribution is 5.29. The topological polar surface area (TPSA) is 29.5 Å². The van der Waals surface area contributed by atoms with E-state index < -0.39 is 0 Å². The maximum atomic E-state index is 10.2. The van der Waals surface area contributed by atoms with E-state index in [1.54, 1.807) is 7.11 Å². The zero-order valence-corrected chi connectivity index (χ0v) is 9.15. The van der Waals surface area contributed by atoms with E-state index in [9.17, 15) is 5.11 Å². The summed E-state index contributed by atoms with van der Waals surface area (Å²) in [5.41, 5.74) is 2.16. The zero-order valence-electron chi connectivity index (χ0n) is 9.15. The fourth-order valence-electron chi connectivity index (χ4n) is 2.12. The molecule has 0 amide bonds. The molecular weight excluding hydrogens is 188 g/mol. The first-order chi connectivity index (χ1) is 7.33. The lowest BCUT2D eigenvalue weighted by Gasteiger charge is -2.31. The van der Waals surface area contributed by atoms with E-state index in [0.717, 1.165) is 24.0 Å². The number of aliphatic hydroxyl groups is 1. The van der Waals surface area contributed by atoms with Crippen LogP contribution in [0.3, 0.4) is 0 Å². The highest BCUT2D eigenvalue weighted by atomic mass is 16.5. The molecule has 1 aromatic rings. The lowest BCUT2D eigenvalue weighted by molar-refractivity contribution is 0.0596. The minimum atomic E-state index is -0.301. The number of benzene rings is 1. The van der Waals surface area contributed by atoms with Gasteiger partial charge in [0.2, 0.25) is 0 Å². The van der Waals surface area contributed by atoms with E-state index in [1.807, 2.05) is 24.3 Å². The third-order valence-electron chi connectivity index (χ3n) is 3.27. The van der Waals surface area contributed by atoms with Gasteiger partial charge in [0.1, 0.15) is 0 Å². The van der Waals surface area contributed by atoms with Crippen molar-refractivity contribution in [2.75, 3.05) is 7.11 Å². The van der Waals surface area contributed by atoms with Crippen LogP contribution in [0.4, 0.5) is 0 Å². The van der Waals surface area contributed by atoms with E-state index >= 15 is 0 Å². The monoisotopic (exact) mass is 206 g/mol. The van der Waals surface area contributed by atoms with Crippen LogP contribution >= 0.6 is 0 Å². The predicted molar refractivity (Wildman–Crippen MR) is 59.5 cm³/mol. The third kappa shape index (κ3) is 2.21. The van der Waals surface area contributed by atoms with Crippen LogP contribution in [-0.2, 0) is 11.3 Å². The Bertz CT molecular complexity index is 318. The van der Waals surface area contributed by atoms with Crippen molar-refractivity contribution in [1.82, 2.24) is 0 Å². The molecule has 15 heavy (non-hydrogen) atoms. The van der Waals surface area contributed by atoms with Crippen molar-refractivity contribution in [3.05, 3.63) is 35.4 Å². The highest BCUT2D eigenvalue weighted by Crippen LogP contribution is 2.38. The van der Waals surface area contributed by atoms with Gasteiger partial charge in [-0.25, -0.2) is 0 Å². The molecule has 0 aliphatic heterocycles. The van der Waals surface area contributed by atoms with Gasteiger partial charge in [0, 0.05) is 7.11 Å². The van der Waals surface area contributed by atoms with Crippen LogP contribution in [0, 0.1) is 5.92 Å². The van der Waals surface area contributed by atoms with Gasteiger partial charge in [0.15, 0.2) is 0 Å². The van der Waals surface area contributed by atoms with E-state index in [2.05, 4.69) is 0 Å². The van der Waals surface area contributed by atoms with Gasteiger partial charge in [0.05, 0.1) is 12.7 Å². The summed E-state index contributed by atoms with van der Waals surface area (Å²) in [7, 11) is 1.69. The molecule has 1 aliphatic rings. The smallest absolute Gasteiger partial charge is 0.0821 e. The summed E-state index contributed by atoms with van der Waals surface area (Å²) < 4.78 is 5.14. The molecule has 0 bridgehead atoms. The lowest BCUT2D eigenvalue weighted by atomic mass is 9.78. The Labute approximate surface area is 90.9 Å². The van der Waals surface area contributed by atoms with Gasteiger partial charge >= 0.3 is 0 Å². The number of methoxy groups -OCH3 is 1. The van der Waals surface area contributed by atoms with Gasteiger partial charge < -0.3 is 9.84 Å². The largest absolute Gasteiger partial charge is 0.388 e. The third-order valence-corrected chi connectivity index (χ3v) is 3.27. The summed E-state index contributed by atoms with van der Waals surface area (Å²) in [4.78, 5) is 0. The van der Waals surface area contributed by atoms with E-state index in [1.165, 1.54) is 6.42 Å². The van der Waals surface area contributed by atoms with Crippen LogP contribution in [0.2, 0.25) is 0 Å². The summed E-state index contributed by atoms with van der Waals surface area (Å²) in [5, 5.41) is 10.2. The first kappa shape index (κ1) is 10.7. The van der Waals surface area contributed by atoms with Crippen molar-refractivity contribution < 1.29 is 9.84 Å². The molecule has 1 atom stereocenters. The van der Waals surface area contributed by atoms with Gasteiger partial charge in [-0.05, 0) is 29.9 Å². The average molecular weight is 206 g/mol. The first-order valence-corrected chi connectivity index (χ1v) is 5.57. The van der Waals surface area contributed by atoms with Crippen LogP contribution in [0.15, 0.2) is 24.3 Å². The highest BCUT2D eigenvalue weighted by Gasteiger charge is 2.27. The molecule has 0 radical (unpaired) electrons. The molecule has 0 saturated heterocycles. The molecule has 0 spiro atoms. The van der Waals surface area contributed by atoms with Crippen LogP contribution in [0.5, 0.6) is 0 Å². The SMILES string of the molecule is COCc1ccccc1C(O)C1CCC1. The normalized spacial score (nSPS) is 18.5. The average Bonchev–Trinajstić information content (AvgIpc) is 2.16. The van der Waals surface area contributed by atoms with Crippen molar-refractivity contribution in [3.8, 4) is 0 Å². The molecule has 0 heterocycles. The summed E-state index contributed by atoms with van der Waals surface area (Å²) >= 11 is 0. The number of ether oxygens (including phenoxy) is 1. The lowest BCUT2D eigenvalue weighted by Crippen LogP contribution is -2.21. The summed E-state index contributed by atoms with van der Waals surface area (Å²) in [6.45, 7) is 0.583. The Hall–Kier alpha value is -0.860. The molecule has 1 N–H and O–H groups in total. The summed E-state index contributed by atoms with van der Waals surface area (Å²) in [6.07, 6.45) is 3.27. The van der Waals surface area contributed by atoms with E-state index in [0.29, 0.717) is 12.5 Å². The fraction of sp³-hybridized carbons (Fsp3) is 0.538. The van der Waals surface area contributed by atoms with Crippen molar-refractivity contribution in [1.29, 1.82) is 0 Å². The molecule has 82 valence electrons. The Balaban J connectivity index is 2.17. The maximum absolute atomic E-state index is 10.2. The summed E-state index contributed by atoms with van der Waals surface area (Å²) in [6, 6.07) is 8.01. The molecule has 1 saturated carbocycles. The van der Waals surface area contributed by atoms with Gasteiger partial charge in [-0.2, -0.15) is 0 Å². The maximum Gasteiger partial charge on any atom is 0.0821 e. The molecule has 2 heteroatoms. The standard InChI is InChI=1S/C13H18O2/c1-15-9-11-5-2-3-8-12(11)13(14)10-6-4-7-10/h2-3,5,8,10,13-14H,4,6-7,9H2,1H3. The van der Waals surface area contributed by atoms with Crippen molar-refractivity contribution in [2.24, 2.45) is 5.92 Å². The van der Waals surface area contributed by atoms with Gasteiger partial charge in [-0.3, -0.25) is 0 Å². The second-order valence-corrected chi connectivity index (χ2v) is 4.27. The van der Waals surface area contributed by atoms with Crippen molar-refractivity contribution >= 4 is 0 Å². The quantitative estimate of drug-likeness (QED) is 0.820.